The molecule has 1 aliphatic carbocycles. The first-order chi connectivity index (χ1) is 7.90. The minimum atomic E-state index is -4.04. The molecule has 0 radical (unpaired) electrons. The Morgan fingerprint density at radius 3 is 2.12 bits per heavy atom. The van der Waals surface area contributed by atoms with Crippen LogP contribution in [0.4, 0.5) is 13.2 Å². The van der Waals surface area contributed by atoms with Crippen LogP contribution in [-0.4, -0.2) is 37.8 Å². The molecule has 102 valence electrons. The number of rotatable bonds is 5. The van der Waals surface area contributed by atoms with Crippen LogP contribution in [-0.2, 0) is 0 Å². The fourth-order valence-electron chi connectivity index (χ4n) is 2.50. The Hall–Kier alpha value is -0.290. The molecule has 1 aliphatic rings. The molecule has 0 aromatic heterocycles. The standard InChI is InChI=1S/C12H23F3N2/c1-17(7-6-12(13,14)15)9-11-4-2-10(8-16)3-5-11/h10-11H,2-9,16H2,1H3. The summed E-state index contributed by atoms with van der Waals surface area (Å²) in [5, 5.41) is 0. The van der Waals surface area contributed by atoms with Crippen molar-refractivity contribution in [2.45, 2.75) is 38.3 Å². The second-order valence-electron chi connectivity index (χ2n) is 5.25. The van der Waals surface area contributed by atoms with E-state index in [0.29, 0.717) is 11.8 Å². The van der Waals surface area contributed by atoms with E-state index in [0.717, 1.165) is 38.8 Å². The number of hydrogen-bond donors (Lipinski definition) is 1. The maximum Gasteiger partial charge on any atom is 0.390 e. The second kappa shape index (κ2) is 6.59. The zero-order chi connectivity index (χ0) is 12.9. The SMILES string of the molecule is CN(CCC(F)(F)F)CC1CCC(CN)CC1. The molecule has 0 spiro atoms. The zero-order valence-electron chi connectivity index (χ0n) is 10.5. The predicted octanol–water partition coefficient (Wildman–Crippen LogP) is 2.64. The highest BCUT2D eigenvalue weighted by atomic mass is 19.4. The van der Waals surface area contributed by atoms with Crippen LogP contribution >= 0.6 is 0 Å². The monoisotopic (exact) mass is 252 g/mol. The van der Waals surface area contributed by atoms with E-state index in [1.165, 1.54) is 0 Å². The van der Waals surface area contributed by atoms with Gasteiger partial charge < -0.3 is 10.6 Å². The third-order valence-electron chi connectivity index (χ3n) is 3.65. The van der Waals surface area contributed by atoms with Gasteiger partial charge in [0.25, 0.3) is 0 Å². The minimum absolute atomic E-state index is 0.111. The van der Waals surface area contributed by atoms with Gasteiger partial charge in [-0.1, -0.05) is 0 Å². The van der Waals surface area contributed by atoms with Crippen molar-refractivity contribution in [2.75, 3.05) is 26.7 Å². The fraction of sp³-hybridized carbons (Fsp3) is 1.00. The fourth-order valence-corrected chi connectivity index (χ4v) is 2.50. The molecule has 0 saturated heterocycles. The molecule has 0 bridgehead atoms. The number of nitrogens with zero attached hydrogens (tertiary/aromatic N) is 1. The average molecular weight is 252 g/mol. The summed E-state index contributed by atoms with van der Waals surface area (Å²) in [6, 6.07) is 0. The van der Waals surface area contributed by atoms with Crippen molar-refractivity contribution in [1.82, 2.24) is 4.90 Å². The van der Waals surface area contributed by atoms with E-state index in [2.05, 4.69) is 0 Å². The smallest absolute Gasteiger partial charge is 0.330 e. The number of halogens is 3. The second-order valence-corrected chi connectivity index (χ2v) is 5.25. The Bertz CT molecular complexity index is 210. The molecule has 2 N–H and O–H groups in total. The molecule has 1 saturated carbocycles. The van der Waals surface area contributed by atoms with Crippen molar-refractivity contribution in [3.05, 3.63) is 0 Å². The van der Waals surface area contributed by atoms with Gasteiger partial charge in [0.15, 0.2) is 0 Å². The Morgan fingerprint density at radius 2 is 1.65 bits per heavy atom. The molecule has 0 atom stereocenters. The summed E-state index contributed by atoms with van der Waals surface area (Å²) < 4.78 is 36.2. The Morgan fingerprint density at radius 1 is 1.12 bits per heavy atom. The van der Waals surface area contributed by atoms with Crippen molar-refractivity contribution < 1.29 is 13.2 Å². The van der Waals surface area contributed by atoms with E-state index in [1.54, 1.807) is 11.9 Å². The van der Waals surface area contributed by atoms with Gasteiger partial charge in [0.2, 0.25) is 0 Å². The van der Waals surface area contributed by atoms with Gasteiger partial charge in [0.05, 0.1) is 6.42 Å². The molecule has 17 heavy (non-hydrogen) atoms. The number of hydrogen-bond acceptors (Lipinski definition) is 2. The number of nitrogens with two attached hydrogens (primary N) is 1. The maximum atomic E-state index is 12.1. The Labute approximate surface area is 101 Å². The lowest BCUT2D eigenvalue weighted by Crippen LogP contribution is -2.32. The van der Waals surface area contributed by atoms with Crippen molar-refractivity contribution in [1.29, 1.82) is 0 Å². The topological polar surface area (TPSA) is 29.3 Å². The van der Waals surface area contributed by atoms with Gasteiger partial charge in [-0.2, -0.15) is 13.2 Å². The zero-order valence-corrected chi connectivity index (χ0v) is 10.5. The molecular formula is C12H23F3N2. The van der Waals surface area contributed by atoms with Gasteiger partial charge in [-0.3, -0.25) is 0 Å². The van der Waals surface area contributed by atoms with Gasteiger partial charge in [-0.05, 0) is 51.1 Å². The molecule has 0 aromatic rings. The van der Waals surface area contributed by atoms with Crippen molar-refractivity contribution in [2.24, 2.45) is 17.6 Å². The van der Waals surface area contributed by atoms with Gasteiger partial charge in [-0.15, -0.1) is 0 Å². The summed E-state index contributed by atoms with van der Waals surface area (Å²) >= 11 is 0. The lowest BCUT2D eigenvalue weighted by atomic mass is 9.82. The van der Waals surface area contributed by atoms with Crippen molar-refractivity contribution >= 4 is 0 Å². The molecule has 0 aromatic carbocycles. The summed E-state index contributed by atoms with van der Waals surface area (Å²) in [5.74, 6) is 1.18. The van der Waals surface area contributed by atoms with Crippen LogP contribution in [0.15, 0.2) is 0 Å². The molecule has 5 heteroatoms. The minimum Gasteiger partial charge on any atom is -0.330 e. The van der Waals surface area contributed by atoms with Crippen LogP contribution < -0.4 is 5.73 Å². The molecule has 0 aliphatic heterocycles. The highest BCUT2D eigenvalue weighted by Gasteiger charge is 2.28. The van der Waals surface area contributed by atoms with E-state index >= 15 is 0 Å². The first-order valence-corrected chi connectivity index (χ1v) is 6.36. The van der Waals surface area contributed by atoms with E-state index < -0.39 is 12.6 Å². The molecule has 0 amide bonds. The first-order valence-electron chi connectivity index (χ1n) is 6.36. The molecule has 0 unspecified atom stereocenters. The molecule has 2 nitrogen and oxygen atoms in total. The third-order valence-corrected chi connectivity index (χ3v) is 3.65. The van der Waals surface area contributed by atoms with Crippen LogP contribution in [0.1, 0.15) is 32.1 Å². The van der Waals surface area contributed by atoms with Crippen molar-refractivity contribution in [3.8, 4) is 0 Å². The predicted molar refractivity (Wildman–Crippen MR) is 62.7 cm³/mol. The Kier molecular flexibility index (Phi) is 5.73. The third kappa shape index (κ3) is 6.27. The summed E-state index contributed by atoms with van der Waals surface area (Å²) in [4.78, 5) is 1.81. The van der Waals surface area contributed by atoms with Crippen LogP contribution in [0.5, 0.6) is 0 Å². The van der Waals surface area contributed by atoms with Gasteiger partial charge in [0.1, 0.15) is 0 Å². The normalized spacial score (nSPS) is 26.5. The van der Waals surface area contributed by atoms with E-state index in [9.17, 15) is 13.2 Å². The quantitative estimate of drug-likeness (QED) is 0.815. The lowest BCUT2D eigenvalue weighted by Gasteiger charge is -2.30. The molecule has 1 rings (SSSR count). The van der Waals surface area contributed by atoms with Crippen molar-refractivity contribution in [3.63, 3.8) is 0 Å². The Balaban J connectivity index is 2.17. The van der Waals surface area contributed by atoms with Crippen LogP contribution in [0, 0.1) is 11.8 Å². The maximum absolute atomic E-state index is 12.1. The highest BCUT2D eigenvalue weighted by molar-refractivity contribution is 4.75. The van der Waals surface area contributed by atoms with E-state index in [-0.39, 0.29) is 6.54 Å². The van der Waals surface area contributed by atoms with Gasteiger partial charge in [-0.25, -0.2) is 0 Å². The summed E-state index contributed by atoms with van der Waals surface area (Å²) in [7, 11) is 1.78. The van der Waals surface area contributed by atoms with Crippen LogP contribution in [0.3, 0.4) is 0 Å². The van der Waals surface area contributed by atoms with Gasteiger partial charge >= 0.3 is 6.18 Å². The van der Waals surface area contributed by atoms with E-state index in [1.807, 2.05) is 0 Å². The summed E-state index contributed by atoms with van der Waals surface area (Å²) in [6.45, 7) is 1.64. The largest absolute Gasteiger partial charge is 0.390 e. The molecule has 1 fully saturated rings. The summed E-state index contributed by atoms with van der Waals surface area (Å²) in [6.07, 6.45) is -0.258. The lowest BCUT2D eigenvalue weighted by molar-refractivity contribution is -0.137. The molecule has 0 heterocycles. The van der Waals surface area contributed by atoms with Crippen LogP contribution in [0.2, 0.25) is 0 Å². The number of alkyl halides is 3. The van der Waals surface area contributed by atoms with Gasteiger partial charge in [0, 0.05) is 13.1 Å². The van der Waals surface area contributed by atoms with E-state index in [4.69, 9.17) is 5.73 Å². The highest BCUT2D eigenvalue weighted by Crippen LogP contribution is 2.28. The first kappa shape index (κ1) is 14.8. The molecular weight excluding hydrogens is 229 g/mol. The average Bonchev–Trinajstić information content (AvgIpc) is 2.27. The summed E-state index contributed by atoms with van der Waals surface area (Å²) in [5.41, 5.74) is 5.61. The van der Waals surface area contributed by atoms with Crippen LogP contribution in [0.25, 0.3) is 0 Å².